The first kappa shape index (κ1) is 11.2. The average molecular weight is 199 g/mol. The standard InChI is InChI=1S/C6H13NO2S.ClH/c1-2-7-6-3-4-10(8,9)5-6;/h6-7H,2-5H2,1H3;1H/p-1. The summed E-state index contributed by atoms with van der Waals surface area (Å²) in [5.74, 6) is 0.700. The van der Waals surface area contributed by atoms with Crippen LogP contribution in [0, 0.1) is 0 Å². The molecule has 0 aromatic rings. The van der Waals surface area contributed by atoms with E-state index in [1.165, 1.54) is 0 Å². The number of hydrogen-bond acceptors (Lipinski definition) is 3. The normalized spacial score (nSPS) is 27.9. The molecule has 1 heterocycles. The van der Waals surface area contributed by atoms with Crippen molar-refractivity contribution in [2.45, 2.75) is 19.4 Å². The second-order valence-corrected chi connectivity index (χ2v) is 4.89. The number of nitrogens with one attached hydrogen (secondary N) is 1. The smallest absolute Gasteiger partial charge is 0.151 e. The van der Waals surface area contributed by atoms with E-state index < -0.39 is 9.84 Å². The van der Waals surface area contributed by atoms with Gasteiger partial charge < -0.3 is 17.7 Å². The van der Waals surface area contributed by atoms with Gasteiger partial charge >= 0.3 is 0 Å². The van der Waals surface area contributed by atoms with E-state index in [1.54, 1.807) is 0 Å². The highest BCUT2D eigenvalue weighted by Crippen LogP contribution is 2.10. The van der Waals surface area contributed by atoms with Gasteiger partial charge in [0.05, 0.1) is 11.5 Å². The van der Waals surface area contributed by atoms with E-state index in [0.717, 1.165) is 13.0 Å². The first-order valence-corrected chi connectivity index (χ1v) is 5.40. The highest BCUT2D eigenvalue weighted by Gasteiger charge is 2.26. The lowest BCUT2D eigenvalue weighted by Crippen LogP contribution is -3.00. The molecule has 1 aliphatic rings. The van der Waals surface area contributed by atoms with Crippen molar-refractivity contribution in [3.63, 3.8) is 0 Å². The van der Waals surface area contributed by atoms with Crippen LogP contribution in [0.25, 0.3) is 0 Å². The Bertz CT molecular complexity index is 203. The summed E-state index contributed by atoms with van der Waals surface area (Å²) in [4.78, 5) is 0. The van der Waals surface area contributed by atoms with E-state index in [0.29, 0.717) is 11.5 Å². The number of sulfone groups is 1. The molecule has 0 aromatic carbocycles. The highest BCUT2D eigenvalue weighted by molar-refractivity contribution is 7.91. The second-order valence-electron chi connectivity index (χ2n) is 2.66. The minimum atomic E-state index is -2.68. The number of halogens is 1. The quantitative estimate of drug-likeness (QED) is 0.508. The van der Waals surface area contributed by atoms with E-state index in [1.807, 2.05) is 6.92 Å². The molecular weight excluding hydrogens is 186 g/mol. The Morgan fingerprint density at radius 2 is 2.18 bits per heavy atom. The van der Waals surface area contributed by atoms with Crippen LogP contribution in [0.1, 0.15) is 13.3 Å². The molecule has 0 radical (unpaired) electrons. The molecule has 1 unspecified atom stereocenters. The molecule has 1 saturated heterocycles. The van der Waals surface area contributed by atoms with Crippen molar-refractivity contribution < 1.29 is 20.8 Å². The van der Waals surface area contributed by atoms with Crippen LogP contribution >= 0.6 is 0 Å². The van der Waals surface area contributed by atoms with Crippen molar-refractivity contribution >= 4 is 9.84 Å². The maximum atomic E-state index is 10.9. The van der Waals surface area contributed by atoms with E-state index >= 15 is 0 Å². The summed E-state index contributed by atoms with van der Waals surface area (Å²) < 4.78 is 21.8. The number of rotatable bonds is 2. The summed E-state index contributed by atoms with van der Waals surface area (Å²) in [6.07, 6.45) is 0.788. The lowest BCUT2D eigenvalue weighted by molar-refractivity contribution is -0.00000474. The molecule has 0 amide bonds. The maximum Gasteiger partial charge on any atom is 0.151 e. The number of hydrogen-bond donors (Lipinski definition) is 1. The van der Waals surface area contributed by atoms with Gasteiger partial charge in [0, 0.05) is 6.04 Å². The summed E-state index contributed by atoms with van der Waals surface area (Å²) in [6.45, 7) is 2.85. The van der Waals surface area contributed by atoms with Crippen LogP contribution in [-0.4, -0.2) is 32.5 Å². The zero-order valence-corrected chi connectivity index (χ0v) is 8.08. The summed E-state index contributed by atoms with van der Waals surface area (Å²) in [7, 11) is -2.68. The molecule has 0 saturated carbocycles. The maximum absolute atomic E-state index is 10.9. The van der Waals surface area contributed by atoms with Crippen LogP contribution in [0.3, 0.4) is 0 Å². The largest absolute Gasteiger partial charge is 1.00 e. The van der Waals surface area contributed by atoms with Crippen LogP contribution in [-0.2, 0) is 9.84 Å². The minimum absolute atomic E-state index is 0. The van der Waals surface area contributed by atoms with Crippen LogP contribution in [0.15, 0.2) is 0 Å². The first-order valence-electron chi connectivity index (χ1n) is 3.58. The Kier molecular flexibility index (Phi) is 4.36. The molecule has 11 heavy (non-hydrogen) atoms. The third kappa shape index (κ3) is 3.40. The molecule has 5 heteroatoms. The molecule has 1 aliphatic heterocycles. The Balaban J connectivity index is 0.000001000. The fraction of sp³-hybridized carbons (Fsp3) is 1.00. The van der Waals surface area contributed by atoms with Gasteiger partial charge in [0.1, 0.15) is 0 Å². The lowest BCUT2D eigenvalue weighted by Gasteiger charge is -2.05. The Labute approximate surface area is 73.9 Å². The van der Waals surface area contributed by atoms with Crippen molar-refractivity contribution in [1.82, 2.24) is 5.32 Å². The molecule has 0 aliphatic carbocycles. The van der Waals surface area contributed by atoms with Crippen molar-refractivity contribution in [1.29, 1.82) is 0 Å². The van der Waals surface area contributed by atoms with Gasteiger partial charge in [0.25, 0.3) is 0 Å². The van der Waals surface area contributed by atoms with Crippen LogP contribution < -0.4 is 17.7 Å². The van der Waals surface area contributed by atoms with Crippen LogP contribution in [0.4, 0.5) is 0 Å². The van der Waals surface area contributed by atoms with Gasteiger partial charge in [-0.15, -0.1) is 0 Å². The predicted octanol–water partition coefficient (Wildman–Crippen LogP) is -3.21. The lowest BCUT2D eigenvalue weighted by atomic mass is 10.3. The first-order chi connectivity index (χ1) is 4.64. The molecule has 3 nitrogen and oxygen atoms in total. The molecular formula is C6H13ClNO2S-. The third-order valence-electron chi connectivity index (χ3n) is 1.73. The third-order valence-corrected chi connectivity index (χ3v) is 3.49. The monoisotopic (exact) mass is 198 g/mol. The van der Waals surface area contributed by atoms with Crippen molar-refractivity contribution in [3.05, 3.63) is 0 Å². The molecule has 1 fully saturated rings. The molecule has 0 aromatic heterocycles. The molecule has 1 N–H and O–H groups in total. The molecule has 1 rings (SSSR count). The van der Waals surface area contributed by atoms with Gasteiger partial charge in [-0.25, -0.2) is 8.42 Å². The topological polar surface area (TPSA) is 46.2 Å². The van der Waals surface area contributed by atoms with Gasteiger partial charge in [0.2, 0.25) is 0 Å². The highest BCUT2D eigenvalue weighted by atomic mass is 35.5. The Morgan fingerprint density at radius 1 is 1.55 bits per heavy atom. The van der Waals surface area contributed by atoms with E-state index in [9.17, 15) is 8.42 Å². The SMILES string of the molecule is CCNC1CCS(=O)(=O)C1.[Cl-]. The zero-order chi connectivity index (χ0) is 7.61. The van der Waals surface area contributed by atoms with Gasteiger partial charge in [0.15, 0.2) is 9.84 Å². The van der Waals surface area contributed by atoms with Gasteiger partial charge in [-0.1, -0.05) is 6.92 Å². The molecule has 0 spiro atoms. The molecule has 0 bridgehead atoms. The van der Waals surface area contributed by atoms with Gasteiger partial charge in [-0.3, -0.25) is 0 Å². The van der Waals surface area contributed by atoms with Gasteiger partial charge in [-0.05, 0) is 13.0 Å². The predicted molar refractivity (Wildman–Crippen MR) is 40.7 cm³/mol. The van der Waals surface area contributed by atoms with Crippen molar-refractivity contribution in [3.8, 4) is 0 Å². The summed E-state index contributed by atoms with van der Waals surface area (Å²) in [6, 6.07) is 0.218. The average Bonchev–Trinajstić information content (AvgIpc) is 2.12. The van der Waals surface area contributed by atoms with Crippen LogP contribution in [0.5, 0.6) is 0 Å². The molecule has 68 valence electrons. The fourth-order valence-corrected chi connectivity index (χ4v) is 2.95. The van der Waals surface area contributed by atoms with Crippen molar-refractivity contribution in [2.75, 3.05) is 18.1 Å². The zero-order valence-electron chi connectivity index (χ0n) is 6.51. The summed E-state index contributed by atoms with van der Waals surface area (Å²) in [5.41, 5.74) is 0. The summed E-state index contributed by atoms with van der Waals surface area (Å²) in [5, 5.41) is 3.12. The summed E-state index contributed by atoms with van der Waals surface area (Å²) >= 11 is 0. The van der Waals surface area contributed by atoms with E-state index in [4.69, 9.17) is 0 Å². The Morgan fingerprint density at radius 3 is 2.55 bits per heavy atom. The molecule has 1 atom stereocenters. The Hall–Kier alpha value is 0.200. The second kappa shape index (κ2) is 4.28. The van der Waals surface area contributed by atoms with Crippen LogP contribution in [0.2, 0.25) is 0 Å². The van der Waals surface area contributed by atoms with E-state index in [2.05, 4.69) is 5.32 Å². The van der Waals surface area contributed by atoms with E-state index in [-0.39, 0.29) is 18.4 Å². The van der Waals surface area contributed by atoms with Crippen molar-refractivity contribution in [2.24, 2.45) is 0 Å². The van der Waals surface area contributed by atoms with Gasteiger partial charge in [-0.2, -0.15) is 0 Å². The minimum Gasteiger partial charge on any atom is -1.00 e. The fourth-order valence-electron chi connectivity index (χ4n) is 1.24.